The zero-order valence-electron chi connectivity index (χ0n) is 25.2. The Balaban J connectivity index is 1.12. The number of rotatable bonds is 4. The van der Waals surface area contributed by atoms with Gasteiger partial charge in [0.15, 0.2) is 17.5 Å². The highest BCUT2D eigenvalue weighted by atomic mass is 16.3. The number of benzene rings is 7. The van der Waals surface area contributed by atoms with Crippen LogP contribution in [0.4, 0.5) is 0 Å². The lowest BCUT2D eigenvalue weighted by atomic mass is 9.96. The lowest BCUT2D eigenvalue weighted by molar-refractivity contribution is 0.669. The van der Waals surface area contributed by atoms with E-state index in [9.17, 15) is 0 Å². The van der Waals surface area contributed by atoms with Crippen LogP contribution in [0, 0.1) is 0 Å². The molecule has 2 aromatic heterocycles. The normalized spacial score (nSPS) is 11.8. The Labute approximate surface area is 270 Å². The molecule has 2 heterocycles. The molecular weight excluding hydrogens is 574 g/mol. The molecule has 0 saturated carbocycles. The minimum atomic E-state index is 0.613. The quantitative estimate of drug-likeness (QED) is 0.202. The number of aromatic nitrogens is 3. The summed E-state index contributed by atoms with van der Waals surface area (Å²) in [6.45, 7) is 0. The van der Waals surface area contributed by atoms with E-state index in [1.54, 1.807) is 0 Å². The predicted octanol–water partition coefficient (Wildman–Crippen LogP) is 11.2. The summed E-state index contributed by atoms with van der Waals surface area (Å²) < 4.78 is 6.53. The molecule has 4 heteroatoms. The third kappa shape index (κ3) is 4.05. The van der Waals surface area contributed by atoms with Crippen LogP contribution >= 0.6 is 0 Å². The van der Waals surface area contributed by atoms with Gasteiger partial charge in [-0.05, 0) is 68.4 Å². The topological polar surface area (TPSA) is 51.8 Å². The minimum absolute atomic E-state index is 0.613. The monoisotopic (exact) mass is 599 g/mol. The molecule has 1 aliphatic carbocycles. The van der Waals surface area contributed by atoms with E-state index in [0.717, 1.165) is 49.8 Å². The van der Waals surface area contributed by atoms with Crippen LogP contribution in [0.2, 0.25) is 0 Å². The summed E-state index contributed by atoms with van der Waals surface area (Å²) >= 11 is 0. The molecule has 4 nitrogen and oxygen atoms in total. The second kappa shape index (κ2) is 10.1. The minimum Gasteiger partial charge on any atom is -0.456 e. The number of hydrogen-bond acceptors (Lipinski definition) is 4. The molecule has 9 aromatic rings. The van der Waals surface area contributed by atoms with Gasteiger partial charge in [-0.2, -0.15) is 0 Å². The van der Waals surface area contributed by atoms with Gasteiger partial charge in [0.1, 0.15) is 11.2 Å². The zero-order chi connectivity index (χ0) is 30.9. The molecule has 0 atom stereocenters. The highest BCUT2D eigenvalue weighted by Crippen LogP contribution is 2.48. The standard InChI is InChI=1S/C43H25N3O/c1-3-10-27(11-4-1)41-44-42(28-12-5-2-6-13-28)46-43(45-41)35-18-9-19-37-40(35)34-23-21-30(25-38(34)47-37)29-20-22-31-32-16-7-14-26-15-8-17-33(39(26)32)36(31)24-29/h1-25H. The van der Waals surface area contributed by atoms with Crippen molar-refractivity contribution in [2.75, 3.05) is 0 Å². The molecule has 0 amide bonds. The first kappa shape index (κ1) is 25.9. The maximum atomic E-state index is 6.53. The molecule has 0 radical (unpaired) electrons. The van der Waals surface area contributed by atoms with Crippen molar-refractivity contribution in [2.45, 2.75) is 0 Å². The van der Waals surface area contributed by atoms with Crippen LogP contribution in [0.3, 0.4) is 0 Å². The maximum Gasteiger partial charge on any atom is 0.164 e. The second-order valence-electron chi connectivity index (χ2n) is 12.0. The first-order chi connectivity index (χ1) is 23.3. The molecule has 0 fully saturated rings. The zero-order valence-corrected chi connectivity index (χ0v) is 25.2. The Bertz CT molecular complexity index is 2610. The lowest BCUT2D eigenvalue weighted by Crippen LogP contribution is -2.00. The number of furan rings is 1. The van der Waals surface area contributed by atoms with Crippen LogP contribution in [-0.4, -0.2) is 15.0 Å². The van der Waals surface area contributed by atoms with Crippen LogP contribution in [0.25, 0.3) is 100 Å². The van der Waals surface area contributed by atoms with Crippen molar-refractivity contribution in [2.24, 2.45) is 0 Å². The van der Waals surface area contributed by atoms with Crippen molar-refractivity contribution in [3.63, 3.8) is 0 Å². The fraction of sp³-hybridized carbons (Fsp3) is 0. The van der Waals surface area contributed by atoms with Gasteiger partial charge in [-0.15, -0.1) is 0 Å². The number of nitrogens with zero attached hydrogens (tertiary/aromatic N) is 3. The van der Waals surface area contributed by atoms with E-state index in [1.807, 2.05) is 72.8 Å². The smallest absolute Gasteiger partial charge is 0.164 e. The molecule has 0 spiro atoms. The maximum absolute atomic E-state index is 6.53. The molecule has 7 aromatic carbocycles. The third-order valence-electron chi connectivity index (χ3n) is 9.28. The SMILES string of the molecule is c1ccc(-c2nc(-c3ccccc3)nc(-c3cccc4oc5cc(-c6ccc7c(c6)-c6cccc8cccc-7c68)ccc5c34)n2)cc1. The van der Waals surface area contributed by atoms with Gasteiger partial charge in [0.05, 0.1) is 0 Å². The molecular formula is C43H25N3O. The van der Waals surface area contributed by atoms with Crippen molar-refractivity contribution >= 4 is 32.7 Å². The molecule has 0 unspecified atom stereocenters. The number of fused-ring (bicyclic) bond motifs is 6. The highest BCUT2D eigenvalue weighted by molar-refractivity contribution is 6.16. The Kier molecular flexibility index (Phi) is 5.54. The van der Waals surface area contributed by atoms with Gasteiger partial charge >= 0.3 is 0 Å². The largest absolute Gasteiger partial charge is 0.456 e. The summed E-state index contributed by atoms with van der Waals surface area (Å²) in [6, 6.07) is 52.7. The van der Waals surface area contributed by atoms with Crippen LogP contribution in [0.15, 0.2) is 156 Å². The van der Waals surface area contributed by atoms with Crippen LogP contribution < -0.4 is 0 Å². The summed E-state index contributed by atoms with van der Waals surface area (Å²) in [4.78, 5) is 14.9. The molecule has 218 valence electrons. The first-order valence-corrected chi connectivity index (χ1v) is 15.8. The summed E-state index contributed by atoms with van der Waals surface area (Å²) in [5.74, 6) is 1.88. The summed E-state index contributed by atoms with van der Waals surface area (Å²) in [6.07, 6.45) is 0. The van der Waals surface area contributed by atoms with Crippen LogP contribution in [0.1, 0.15) is 0 Å². The second-order valence-corrected chi connectivity index (χ2v) is 12.0. The van der Waals surface area contributed by atoms with Gasteiger partial charge in [0.2, 0.25) is 0 Å². The highest BCUT2D eigenvalue weighted by Gasteiger charge is 2.22. The van der Waals surface area contributed by atoms with Crippen molar-refractivity contribution < 1.29 is 4.42 Å². The Morgan fingerprint density at radius 2 is 0.936 bits per heavy atom. The van der Waals surface area contributed by atoms with Crippen molar-refractivity contribution in [1.29, 1.82) is 0 Å². The fourth-order valence-corrected chi connectivity index (χ4v) is 7.09. The van der Waals surface area contributed by atoms with E-state index in [1.165, 1.54) is 33.0 Å². The van der Waals surface area contributed by atoms with Crippen LogP contribution in [-0.2, 0) is 0 Å². The molecule has 1 aliphatic rings. The van der Waals surface area contributed by atoms with Gasteiger partial charge in [-0.3, -0.25) is 0 Å². The molecule has 47 heavy (non-hydrogen) atoms. The van der Waals surface area contributed by atoms with Gasteiger partial charge in [-0.25, -0.2) is 15.0 Å². The lowest BCUT2D eigenvalue weighted by Gasteiger charge is -2.09. The van der Waals surface area contributed by atoms with E-state index in [0.29, 0.717) is 17.5 Å². The molecule has 0 saturated heterocycles. The fourth-order valence-electron chi connectivity index (χ4n) is 7.09. The summed E-state index contributed by atoms with van der Waals surface area (Å²) in [5.41, 5.74) is 11.9. The van der Waals surface area contributed by atoms with Gasteiger partial charge < -0.3 is 4.42 Å². The molecule has 0 aliphatic heterocycles. The van der Waals surface area contributed by atoms with E-state index >= 15 is 0 Å². The van der Waals surface area contributed by atoms with E-state index in [4.69, 9.17) is 19.4 Å². The predicted molar refractivity (Wildman–Crippen MR) is 191 cm³/mol. The van der Waals surface area contributed by atoms with Gasteiger partial charge in [0, 0.05) is 27.5 Å². The summed E-state index contributed by atoms with van der Waals surface area (Å²) in [5, 5.41) is 4.64. The average Bonchev–Trinajstić information content (AvgIpc) is 3.68. The van der Waals surface area contributed by atoms with Crippen molar-refractivity contribution in [1.82, 2.24) is 15.0 Å². The first-order valence-electron chi connectivity index (χ1n) is 15.8. The van der Waals surface area contributed by atoms with E-state index in [2.05, 4.69) is 78.9 Å². The Morgan fingerprint density at radius 1 is 0.340 bits per heavy atom. The Hall–Kier alpha value is -6.39. The van der Waals surface area contributed by atoms with Crippen LogP contribution in [0.5, 0.6) is 0 Å². The summed E-state index contributed by atoms with van der Waals surface area (Å²) in [7, 11) is 0. The van der Waals surface area contributed by atoms with E-state index in [-0.39, 0.29) is 0 Å². The van der Waals surface area contributed by atoms with Gasteiger partial charge in [0.25, 0.3) is 0 Å². The average molecular weight is 600 g/mol. The van der Waals surface area contributed by atoms with Crippen molar-refractivity contribution in [3.05, 3.63) is 152 Å². The van der Waals surface area contributed by atoms with Gasteiger partial charge in [-0.1, -0.05) is 127 Å². The molecule has 0 bridgehead atoms. The van der Waals surface area contributed by atoms with E-state index < -0.39 is 0 Å². The third-order valence-corrected chi connectivity index (χ3v) is 9.28. The molecule has 10 rings (SSSR count). The number of hydrogen-bond donors (Lipinski definition) is 0. The molecule has 0 N–H and O–H groups in total. The van der Waals surface area contributed by atoms with Crippen molar-refractivity contribution in [3.8, 4) is 67.5 Å². The Morgan fingerprint density at radius 3 is 1.66 bits per heavy atom.